The lowest BCUT2D eigenvalue weighted by atomic mass is 10.0. The number of aryl methyl sites for hydroxylation is 1. The number of phenols is 1. The van der Waals surface area contributed by atoms with Gasteiger partial charge in [-0.15, -0.1) is 0 Å². The van der Waals surface area contributed by atoms with Crippen LogP contribution in [0.1, 0.15) is 31.2 Å². The number of aromatic hydroxyl groups is 1. The van der Waals surface area contributed by atoms with Crippen molar-refractivity contribution in [2.45, 2.75) is 44.8 Å². The van der Waals surface area contributed by atoms with Gasteiger partial charge in [-0.25, -0.2) is 0 Å². The molecular weight excluding hydrogens is 316 g/mol. The van der Waals surface area contributed by atoms with Crippen molar-refractivity contribution in [3.8, 4) is 5.75 Å². The largest absolute Gasteiger partial charge is 0.508 e. The summed E-state index contributed by atoms with van der Waals surface area (Å²) in [4.78, 5) is 14.5. The summed E-state index contributed by atoms with van der Waals surface area (Å²) >= 11 is 0. The quantitative estimate of drug-likeness (QED) is 0.809. The van der Waals surface area contributed by atoms with E-state index in [1.807, 2.05) is 29.1 Å². The van der Waals surface area contributed by atoms with Crippen molar-refractivity contribution in [3.05, 3.63) is 48.3 Å². The highest BCUT2D eigenvalue weighted by Crippen LogP contribution is 2.17. The zero-order chi connectivity index (χ0) is 17.5. The summed E-state index contributed by atoms with van der Waals surface area (Å²) in [6, 6.07) is 9.49. The number of likely N-dealkylation sites (tertiary alicyclic amines) is 1. The molecule has 6 nitrogen and oxygen atoms in total. The molecule has 0 aliphatic carbocycles. The molecular formula is C19H26N4O2. The normalized spacial score (nSPS) is 18.2. The maximum Gasteiger partial charge on any atom is 0.220 e. The Balaban J connectivity index is 1.40. The average Bonchev–Trinajstić information content (AvgIpc) is 3.08. The highest BCUT2D eigenvalue weighted by Gasteiger charge is 2.21. The molecule has 1 saturated heterocycles. The summed E-state index contributed by atoms with van der Waals surface area (Å²) in [6.45, 7) is 3.47. The van der Waals surface area contributed by atoms with Gasteiger partial charge in [0.2, 0.25) is 5.91 Å². The van der Waals surface area contributed by atoms with Crippen molar-refractivity contribution in [1.29, 1.82) is 0 Å². The highest BCUT2D eigenvalue weighted by molar-refractivity contribution is 5.76. The lowest BCUT2D eigenvalue weighted by Gasteiger charge is -2.33. The van der Waals surface area contributed by atoms with Gasteiger partial charge in [-0.05, 0) is 49.6 Å². The van der Waals surface area contributed by atoms with E-state index >= 15 is 0 Å². The first-order chi connectivity index (χ1) is 12.2. The number of piperidine rings is 1. The van der Waals surface area contributed by atoms with Crippen molar-refractivity contribution in [2.24, 2.45) is 0 Å². The van der Waals surface area contributed by atoms with Gasteiger partial charge in [-0.3, -0.25) is 14.4 Å². The minimum absolute atomic E-state index is 0.122. The standard InChI is InChI=1S/C19H26N4O2/c24-18-7-1-5-16(13-18)14-22-10-2-6-17(15-22)21-19(25)8-3-11-23-12-4-9-20-23/h1,4-5,7,9,12-13,17,24H,2-3,6,8,10-11,14-15H2,(H,21,25)/t17-/m0/s1. The summed E-state index contributed by atoms with van der Waals surface area (Å²) in [5, 5.41) is 16.9. The number of carbonyl (C=O) groups is 1. The molecule has 0 spiro atoms. The van der Waals surface area contributed by atoms with Crippen LogP contribution in [-0.4, -0.2) is 44.8 Å². The molecule has 1 atom stereocenters. The van der Waals surface area contributed by atoms with E-state index in [0.29, 0.717) is 12.2 Å². The molecule has 1 fully saturated rings. The van der Waals surface area contributed by atoms with E-state index in [2.05, 4.69) is 15.3 Å². The Bertz CT molecular complexity index is 672. The lowest BCUT2D eigenvalue weighted by Crippen LogP contribution is -2.47. The van der Waals surface area contributed by atoms with Gasteiger partial charge in [0.05, 0.1) is 0 Å². The average molecular weight is 342 g/mol. The molecule has 1 aromatic carbocycles. The monoisotopic (exact) mass is 342 g/mol. The van der Waals surface area contributed by atoms with Crippen molar-refractivity contribution >= 4 is 5.91 Å². The number of hydrogen-bond donors (Lipinski definition) is 2. The second-order valence-electron chi connectivity index (χ2n) is 6.68. The van der Waals surface area contributed by atoms with Crippen LogP contribution in [0, 0.1) is 0 Å². The smallest absolute Gasteiger partial charge is 0.220 e. The molecule has 2 heterocycles. The zero-order valence-corrected chi connectivity index (χ0v) is 14.5. The molecule has 1 aliphatic rings. The van der Waals surface area contributed by atoms with Crippen LogP contribution < -0.4 is 5.32 Å². The Morgan fingerprint density at radius 3 is 3.08 bits per heavy atom. The summed E-state index contributed by atoms with van der Waals surface area (Å²) in [6.07, 6.45) is 7.11. The fourth-order valence-corrected chi connectivity index (χ4v) is 3.36. The molecule has 2 aromatic rings. The lowest BCUT2D eigenvalue weighted by molar-refractivity contribution is -0.122. The summed E-state index contributed by atoms with van der Waals surface area (Å²) in [7, 11) is 0. The Hall–Kier alpha value is -2.34. The molecule has 1 aromatic heterocycles. The fourth-order valence-electron chi connectivity index (χ4n) is 3.36. The topological polar surface area (TPSA) is 70.4 Å². The van der Waals surface area contributed by atoms with E-state index in [4.69, 9.17) is 0 Å². The minimum Gasteiger partial charge on any atom is -0.508 e. The molecule has 0 saturated carbocycles. The van der Waals surface area contributed by atoms with Gasteiger partial charge in [-0.1, -0.05) is 12.1 Å². The predicted octanol–water partition coefficient (Wildman–Crippen LogP) is 2.15. The number of nitrogens with one attached hydrogen (secondary N) is 1. The Labute approximate surface area is 148 Å². The van der Waals surface area contributed by atoms with Gasteiger partial charge >= 0.3 is 0 Å². The van der Waals surface area contributed by atoms with Crippen LogP contribution in [-0.2, 0) is 17.9 Å². The van der Waals surface area contributed by atoms with Crippen LogP contribution in [0.2, 0.25) is 0 Å². The SMILES string of the molecule is O=C(CCCn1cccn1)N[C@H]1CCCN(Cc2cccc(O)c2)C1. The summed E-state index contributed by atoms with van der Waals surface area (Å²) in [5.74, 6) is 0.424. The number of amides is 1. The Kier molecular flexibility index (Phi) is 6.06. The second kappa shape index (κ2) is 8.67. The fraction of sp³-hybridized carbons (Fsp3) is 0.474. The first-order valence-corrected chi connectivity index (χ1v) is 8.96. The van der Waals surface area contributed by atoms with E-state index in [1.165, 1.54) is 0 Å². The number of benzene rings is 1. The number of phenolic OH excluding ortho intramolecular Hbond substituents is 1. The van der Waals surface area contributed by atoms with Gasteiger partial charge in [0.1, 0.15) is 5.75 Å². The Morgan fingerprint density at radius 2 is 2.28 bits per heavy atom. The van der Waals surface area contributed by atoms with E-state index in [0.717, 1.165) is 51.0 Å². The maximum atomic E-state index is 12.2. The van der Waals surface area contributed by atoms with Crippen molar-refractivity contribution in [1.82, 2.24) is 20.0 Å². The molecule has 25 heavy (non-hydrogen) atoms. The Morgan fingerprint density at radius 1 is 1.36 bits per heavy atom. The van der Waals surface area contributed by atoms with Gasteiger partial charge in [0.15, 0.2) is 0 Å². The first-order valence-electron chi connectivity index (χ1n) is 8.96. The van der Waals surface area contributed by atoms with Gasteiger partial charge < -0.3 is 10.4 Å². The third-order valence-electron chi connectivity index (χ3n) is 4.54. The number of hydrogen-bond acceptors (Lipinski definition) is 4. The third kappa shape index (κ3) is 5.60. The number of rotatable bonds is 7. The minimum atomic E-state index is 0.122. The highest BCUT2D eigenvalue weighted by atomic mass is 16.3. The molecule has 3 rings (SSSR count). The number of aromatic nitrogens is 2. The molecule has 6 heteroatoms. The zero-order valence-electron chi connectivity index (χ0n) is 14.5. The van der Waals surface area contributed by atoms with Crippen molar-refractivity contribution < 1.29 is 9.90 Å². The van der Waals surface area contributed by atoms with Crippen LogP contribution in [0.3, 0.4) is 0 Å². The van der Waals surface area contributed by atoms with Crippen LogP contribution >= 0.6 is 0 Å². The van der Waals surface area contributed by atoms with E-state index in [1.54, 1.807) is 18.3 Å². The number of nitrogens with zero attached hydrogens (tertiary/aromatic N) is 3. The van der Waals surface area contributed by atoms with Crippen LogP contribution in [0.5, 0.6) is 5.75 Å². The van der Waals surface area contributed by atoms with Gasteiger partial charge in [0.25, 0.3) is 0 Å². The van der Waals surface area contributed by atoms with Crippen LogP contribution in [0.4, 0.5) is 0 Å². The first kappa shape index (κ1) is 17.5. The maximum absolute atomic E-state index is 12.2. The summed E-state index contributed by atoms with van der Waals surface area (Å²) in [5.41, 5.74) is 1.10. The second-order valence-corrected chi connectivity index (χ2v) is 6.68. The molecule has 0 radical (unpaired) electrons. The van der Waals surface area contributed by atoms with Gasteiger partial charge in [-0.2, -0.15) is 5.10 Å². The van der Waals surface area contributed by atoms with Crippen LogP contribution in [0.15, 0.2) is 42.7 Å². The van der Waals surface area contributed by atoms with Crippen molar-refractivity contribution in [3.63, 3.8) is 0 Å². The molecule has 1 amide bonds. The molecule has 0 unspecified atom stereocenters. The molecule has 2 N–H and O–H groups in total. The van der Waals surface area contributed by atoms with Crippen molar-refractivity contribution in [2.75, 3.05) is 13.1 Å². The predicted molar refractivity (Wildman–Crippen MR) is 96.0 cm³/mol. The van der Waals surface area contributed by atoms with E-state index in [-0.39, 0.29) is 11.9 Å². The molecule has 1 aliphatic heterocycles. The molecule has 134 valence electrons. The van der Waals surface area contributed by atoms with E-state index in [9.17, 15) is 9.90 Å². The third-order valence-corrected chi connectivity index (χ3v) is 4.54. The molecule has 0 bridgehead atoms. The summed E-state index contributed by atoms with van der Waals surface area (Å²) < 4.78 is 1.85. The van der Waals surface area contributed by atoms with Gasteiger partial charge in [0, 0.05) is 44.5 Å². The van der Waals surface area contributed by atoms with E-state index < -0.39 is 0 Å². The number of carbonyl (C=O) groups excluding carboxylic acids is 1. The van der Waals surface area contributed by atoms with Crippen LogP contribution in [0.25, 0.3) is 0 Å².